The van der Waals surface area contributed by atoms with Crippen LogP contribution < -0.4 is 5.32 Å². The zero-order chi connectivity index (χ0) is 17.8. The molecule has 2 amide bonds. The predicted octanol–water partition coefficient (Wildman–Crippen LogP) is 2.09. The van der Waals surface area contributed by atoms with Crippen molar-refractivity contribution in [2.75, 3.05) is 33.7 Å². The van der Waals surface area contributed by atoms with Crippen LogP contribution in [0.1, 0.15) is 47.5 Å². The lowest BCUT2D eigenvalue weighted by Gasteiger charge is -2.35. The molecule has 0 atom stereocenters. The van der Waals surface area contributed by atoms with Gasteiger partial charge in [0.15, 0.2) is 0 Å². The molecular weight excluding hydrogens is 294 g/mol. The normalized spacial score (nSPS) is 17.3. The number of carbonyl (C=O) groups is 2. The highest BCUT2D eigenvalue weighted by atomic mass is 16.6. The number of nitrogens with zero attached hydrogens (tertiary/aromatic N) is 2. The van der Waals surface area contributed by atoms with Gasteiger partial charge in [-0.3, -0.25) is 4.79 Å². The maximum atomic E-state index is 12.3. The summed E-state index contributed by atoms with van der Waals surface area (Å²) in [5.74, 6) is 0.0652. The van der Waals surface area contributed by atoms with Crippen molar-refractivity contribution in [3.8, 4) is 0 Å². The Hall–Kier alpha value is -1.30. The Labute approximate surface area is 140 Å². The number of likely N-dealkylation sites (N-methyl/N-ethyl adjacent to an activating group) is 1. The summed E-state index contributed by atoms with van der Waals surface area (Å²) in [6.45, 7) is 11.5. The van der Waals surface area contributed by atoms with Gasteiger partial charge in [-0.05, 0) is 61.6 Å². The fraction of sp³-hybridized carbons (Fsp3) is 0.882. The summed E-state index contributed by atoms with van der Waals surface area (Å²) in [5, 5.41) is 3.04. The topological polar surface area (TPSA) is 61.9 Å². The number of likely N-dealkylation sites (tertiary alicyclic amines) is 1. The van der Waals surface area contributed by atoms with E-state index < -0.39 is 5.60 Å². The Morgan fingerprint density at radius 1 is 1.13 bits per heavy atom. The molecule has 0 aromatic carbocycles. The Balaban J connectivity index is 2.41. The second-order valence-electron chi connectivity index (χ2n) is 8.17. The van der Waals surface area contributed by atoms with Crippen LogP contribution in [0.3, 0.4) is 0 Å². The number of amides is 2. The Kier molecular flexibility index (Phi) is 6.45. The Morgan fingerprint density at radius 2 is 1.65 bits per heavy atom. The third kappa shape index (κ3) is 6.37. The van der Waals surface area contributed by atoms with Crippen LogP contribution in [-0.2, 0) is 9.53 Å². The summed E-state index contributed by atoms with van der Waals surface area (Å²) in [4.78, 5) is 28.1. The van der Waals surface area contributed by atoms with Crippen molar-refractivity contribution in [1.82, 2.24) is 15.1 Å². The third-order valence-corrected chi connectivity index (χ3v) is 4.42. The van der Waals surface area contributed by atoms with Crippen molar-refractivity contribution in [3.63, 3.8) is 0 Å². The zero-order valence-corrected chi connectivity index (χ0v) is 15.7. The molecule has 0 aromatic heterocycles. The van der Waals surface area contributed by atoms with Gasteiger partial charge in [0.2, 0.25) is 5.91 Å². The van der Waals surface area contributed by atoms with E-state index in [2.05, 4.69) is 24.1 Å². The molecule has 1 aliphatic heterocycles. The molecule has 134 valence electrons. The van der Waals surface area contributed by atoms with E-state index in [-0.39, 0.29) is 23.5 Å². The number of hydrogen-bond donors (Lipinski definition) is 1. The highest BCUT2D eigenvalue weighted by Gasteiger charge is 2.30. The molecule has 6 nitrogen and oxygen atoms in total. The van der Waals surface area contributed by atoms with Crippen LogP contribution >= 0.6 is 0 Å². The molecule has 0 aliphatic carbocycles. The maximum Gasteiger partial charge on any atom is 0.410 e. The third-order valence-electron chi connectivity index (χ3n) is 4.42. The average molecular weight is 327 g/mol. The van der Waals surface area contributed by atoms with Crippen LogP contribution in [0.5, 0.6) is 0 Å². The zero-order valence-electron chi connectivity index (χ0n) is 15.7. The van der Waals surface area contributed by atoms with Gasteiger partial charge in [-0.15, -0.1) is 0 Å². The smallest absolute Gasteiger partial charge is 0.410 e. The van der Waals surface area contributed by atoms with Crippen molar-refractivity contribution < 1.29 is 14.3 Å². The first-order valence-corrected chi connectivity index (χ1v) is 8.35. The van der Waals surface area contributed by atoms with E-state index >= 15 is 0 Å². The highest BCUT2D eigenvalue weighted by molar-refractivity contribution is 5.79. The molecule has 0 saturated carbocycles. The van der Waals surface area contributed by atoms with Crippen molar-refractivity contribution >= 4 is 12.0 Å². The molecule has 1 N–H and O–H groups in total. The van der Waals surface area contributed by atoms with Gasteiger partial charge >= 0.3 is 6.09 Å². The SMILES string of the molecule is CN(C)C(C)(C)CNC(=O)C1CCN(C(=O)OC(C)(C)C)CC1. The summed E-state index contributed by atoms with van der Waals surface area (Å²) in [6.07, 6.45) is 1.09. The lowest BCUT2D eigenvalue weighted by atomic mass is 9.95. The second-order valence-corrected chi connectivity index (χ2v) is 8.17. The molecule has 0 aromatic rings. The molecule has 1 aliphatic rings. The lowest BCUT2D eigenvalue weighted by molar-refractivity contribution is -0.127. The number of piperidine rings is 1. The number of hydrogen-bond acceptors (Lipinski definition) is 4. The van der Waals surface area contributed by atoms with E-state index in [1.54, 1.807) is 4.90 Å². The fourth-order valence-corrected chi connectivity index (χ4v) is 2.26. The minimum absolute atomic E-state index is 0.0216. The first-order valence-electron chi connectivity index (χ1n) is 8.35. The molecule has 1 saturated heterocycles. The monoisotopic (exact) mass is 327 g/mol. The van der Waals surface area contributed by atoms with Crippen LogP contribution in [-0.4, -0.2) is 66.7 Å². The first-order chi connectivity index (χ1) is 10.4. The van der Waals surface area contributed by atoms with Gasteiger partial charge in [-0.2, -0.15) is 0 Å². The summed E-state index contributed by atoms with van der Waals surface area (Å²) in [5.41, 5.74) is -0.560. The predicted molar refractivity (Wildman–Crippen MR) is 91.3 cm³/mol. The first kappa shape index (κ1) is 19.7. The van der Waals surface area contributed by atoms with E-state index in [1.165, 1.54) is 0 Å². The summed E-state index contributed by atoms with van der Waals surface area (Å²) >= 11 is 0. The molecule has 1 fully saturated rings. The summed E-state index contributed by atoms with van der Waals surface area (Å²) in [6, 6.07) is 0. The summed E-state index contributed by atoms with van der Waals surface area (Å²) in [7, 11) is 4.01. The quantitative estimate of drug-likeness (QED) is 0.859. The average Bonchev–Trinajstić information content (AvgIpc) is 2.43. The van der Waals surface area contributed by atoms with Gasteiger partial charge in [-0.25, -0.2) is 4.79 Å². The lowest BCUT2D eigenvalue weighted by Crippen LogP contribution is -2.50. The molecular formula is C17H33N3O3. The number of carbonyl (C=O) groups excluding carboxylic acids is 2. The number of ether oxygens (including phenoxy) is 1. The van der Waals surface area contributed by atoms with Crippen molar-refractivity contribution in [3.05, 3.63) is 0 Å². The van der Waals surface area contributed by atoms with Gasteiger partial charge in [0.1, 0.15) is 5.60 Å². The van der Waals surface area contributed by atoms with Crippen LogP contribution in [0.15, 0.2) is 0 Å². The van der Waals surface area contributed by atoms with Gasteiger partial charge < -0.3 is 19.9 Å². The van der Waals surface area contributed by atoms with E-state index in [9.17, 15) is 9.59 Å². The molecule has 0 unspecified atom stereocenters. The minimum atomic E-state index is -0.483. The van der Waals surface area contributed by atoms with Gasteiger partial charge in [0, 0.05) is 31.1 Å². The molecule has 1 rings (SSSR count). The molecule has 1 heterocycles. The fourth-order valence-electron chi connectivity index (χ4n) is 2.26. The van der Waals surface area contributed by atoms with E-state index in [0.717, 1.165) is 0 Å². The van der Waals surface area contributed by atoms with E-state index in [0.29, 0.717) is 32.5 Å². The Bertz CT molecular complexity index is 419. The molecule has 23 heavy (non-hydrogen) atoms. The highest BCUT2D eigenvalue weighted by Crippen LogP contribution is 2.20. The largest absolute Gasteiger partial charge is 0.444 e. The number of rotatable bonds is 4. The standard InChI is InChI=1S/C17H33N3O3/c1-16(2,3)23-15(22)20-10-8-13(9-11-20)14(21)18-12-17(4,5)19(6)7/h13H,8-12H2,1-7H3,(H,18,21). The van der Waals surface area contributed by atoms with Crippen LogP contribution in [0, 0.1) is 5.92 Å². The molecule has 0 radical (unpaired) electrons. The molecule has 0 spiro atoms. The van der Waals surface area contributed by atoms with E-state index in [1.807, 2.05) is 34.9 Å². The van der Waals surface area contributed by atoms with Crippen LogP contribution in [0.2, 0.25) is 0 Å². The van der Waals surface area contributed by atoms with Crippen LogP contribution in [0.4, 0.5) is 4.79 Å². The summed E-state index contributed by atoms with van der Waals surface area (Å²) < 4.78 is 5.37. The van der Waals surface area contributed by atoms with Crippen molar-refractivity contribution in [2.45, 2.75) is 58.6 Å². The van der Waals surface area contributed by atoms with Crippen LogP contribution in [0.25, 0.3) is 0 Å². The minimum Gasteiger partial charge on any atom is -0.444 e. The van der Waals surface area contributed by atoms with Crippen molar-refractivity contribution in [1.29, 1.82) is 0 Å². The maximum absolute atomic E-state index is 12.3. The molecule has 0 bridgehead atoms. The van der Waals surface area contributed by atoms with Gasteiger partial charge in [-0.1, -0.05) is 0 Å². The second kappa shape index (κ2) is 7.51. The molecule has 6 heteroatoms. The van der Waals surface area contributed by atoms with Crippen molar-refractivity contribution in [2.24, 2.45) is 5.92 Å². The van der Waals surface area contributed by atoms with Gasteiger partial charge in [0.25, 0.3) is 0 Å². The van der Waals surface area contributed by atoms with Gasteiger partial charge in [0.05, 0.1) is 0 Å². The Morgan fingerprint density at radius 3 is 2.09 bits per heavy atom. The number of nitrogens with one attached hydrogen (secondary N) is 1. The van der Waals surface area contributed by atoms with E-state index in [4.69, 9.17) is 4.74 Å².